The molecule has 1 fully saturated rings. The van der Waals surface area contributed by atoms with Crippen LogP contribution in [0.2, 0.25) is 0 Å². The van der Waals surface area contributed by atoms with Gasteiger partial charge in [-0.25, -0.2) is 0 Å². The monoisotopic (exact) mass is 259 g/mol. The van der Waals surface area contributed by atoms with Gasteiger partial charge >= 0.3 is 0 Å². The summed E-state index contributed by atoms with van der Waals surface area (Å²) < 4.78 is 0. The van der Waals surface area contributed by atoms with Gasteiger partial charge < -0.3 is 5.32 Å². The average Bonchev–Trinajstić information content (AvgIpc) is 2.48. The Bertz CT molecular complexity index is 415. The summed E-state index contributed by atoms with van der Waals surface area (Å²) in [4.78, 5) is 12.6. The topological polar surface area (TPSA) is 29.1 Å². The highest BCUT2D eigenvalue weighted by atomic mass is 16.1. The maximum absolute atomic E-state index is 12.6. The van der Waals surface area contributed by atoms with Crippen molar-refractivity contribution >= 4 is 5.78 Å². The van der Waals surface area contributed by atoms with Crippen molar-refractivity contribution in [2.75, 3.05) is 13.1 Å². The van der Waals surface area contributed by atoms with Crippen LogP contribution in [-0.2, 0) is 17.6 Å². The Morgan fingerprint density at radius 2 is 1.68 bits per heavy atom. The zero-order chi connectivity index (χ0) is 13.7. The molecule has 1 saturated heterocycles. The Balaban J connectivity index is 2.05. The lowest BCUT2D eigenvalue weighted by atomic mass is 9.72. The van der Waals surface area contributed by atoms with E-state index >= 15 is 0 Å². The van der Waals surface area contributed by atoms with Crippen LogP contribution < -0.4 is 5.32 Å². The highest BCUT2D eigenvalue weighted by molar-refractivity contribution is 5.87. The number of carbonyl (C=O) groups excluding carboxylic acids is 1. The molecule has 0 saturated carbocycles. The second kappa shape index (κ2) is 6.33. The van der Waals surface area contributed by atoms with E-state index < -0.39 is 0 Å². The van der Waals surface area contributed by atoms with E-state index in [0.717, 1.165) is 44.3 Å². The summed E-state index contributed by atoms with van der Waals surface area (Å²) in [5, 5.41) is 3.36. The molecule has 0 amide bonds. The minimum atomic E-state index is -0.0747. The second-order valence-corrected chi connectivity index (χ2v) is 5.65. The van der Waals surface area contributed by atoms with Gasteiger partial charge in [-0.1, -0.05) is 38.1 Å². The van der Waals surface area contributed by atoms with Gasteiger partial charge in [-0.3, -0.25) is 4.79 Å². The number of hydrogen-bond donors (Lipinski definition) is 1. The standard InChI is InChI=1S/C17H25NO/c1-3-14-5-7-15(8-6-14)13-16(19)17(4-2)9-11-18-12-10-17/h5-8,18H,3-4,9-13H2,1-2H3. The molecule has 1 heterocycles. The number of rotatable bonds is 5. The van der Waals surface area contributed by atoms with E-state index in [-0.39, 0.29) is 5.41 Å². The lowest BCUT2D eigenvalue weighted by molar-refractivity contribution is -0.129. The molecule has 1 aromatic carbocycles. The van der Waals surface area contributed by atoms with Gasteiger partial charge in [0.1, 0.15) is 5.78 Å². The molecule has 0 spiro atoms. The van der Waals surface area contributed by atoms with Crippen molar-refractivity contribution < 1.29 is 4.79 Å². The first-order valence-corrected chi connectivity index (χ1v) is 7.52. The fourth-order valence-electron chi connectivity index (χ4n) is 3.00. The minimum Gasteiger partial charge on any atom is -0.317 e. The number of carbonyl (C=O) groups is 1. The van der Waals surface area contributed by atoms with Crippen LogP contribution in [0.5, 0.6) is 0 Å². The van der Waals surface area contributed by atoms with Crippen LogP contribution in [0.4, 0.5) is 0 Å². The number of hydrogen-bond acceptors (Lipinski definition) is 2. The summed E-state index contributed by atoms with van der Waals surface area (Å²) in [6, 6.07) is 8.51. The van der Waals surface area contributed by atoms with Gasteiger partial charge in [0.2, 0.25) is 0 Å². The predicted octanol–water partition coefficient (Wildman–Crippen LogP) is 3.14. The molecular formula is C17H25NO. The molecule has 0 aliphatic carbocycles. The minimum absolute atomic E-state index is 0.0747. The first kappa shape index (κ1) is 14.3. The quantitative estimate of drug-likeness (QED) is 0.880. The average molecular weight is 259 g/mol. The Kier molecular flexibility index (Phi) is 4.76. The summed E-state index contributed by atoms with van der Waals surface area (Å²) in [5.41, 5.74) is 2.42. The van der Waals surface area contributed by atoms with Gasteiger partial charge in [-0.2, -0.15) is 0 Å². The van der Waals surface area contributed by atoms with Crippen molar-refractivity contribution in [1.82, 2.24) is 5.32 Å². The van der Waals surface area contributed by atoms with Crippen LogP contribution >= 0.6 is 0 Å². The zero-order valence-electron chi connectivity index (χ0n) is 12.2. The van der Waals surface area contributed by atoms with Gasteiger partial charge in [0.25, 0.3) is 0 Å². The fraction of sp³-hybridized carbons (Fsp3) is 0.588. The second-order valence-electron chi connectivity index (χ2n) is 5.65. The Hall–Kier alpha value is -1.15. The van der Waals surface area contributed by atoms with Gasteiger partial charge in [-0.05, 0) is 49.9 Å². The third-order valence-corrected chi connectivity index (χ3v) is 4.62. The molecule has 0 radical (unpaired) electrons. The molecular weight excluding hydrogens is 234 g/mol. The summed E-state index contributed by atoms with van der Waals surface area (Å²) in [6.45, 7) is 6.27. The number of Topliss-reactive ketones (excluding diaryl/α,β-unsaturated/α-hetero) is 1. The third-order valence-electron chi connectivity index (χ3n) is 4.62. The highest BCUT2D eigenvalue weighted by Gasteiger charge is 2.36. The molecule has 104 valence electrons. The van der Waals surface area contributed by atoms with Crippen molar-refractivity contribution in [2.24, 2.45) is 5.41 Å². The Morgan fingerprint density at radius 1 is 1.11 bits per heavy atom. The Morgan fingerprint density at radius 3 is 2.21 bits per heavy atom. The summed E-state index contributed by atoms with van der Waals surface area (Å²) in [5.74, 6) is 0.431. The molecule has 1 aromatic rings. The zero-order valence-corrected chi connectivity index (χ0v) is 12.2. The fourth-order valence-corrected chi connectivity index (χ4v) is 3.00. The van der Waals surface area contributed by atoms with Gasteiger partial charge in [0, 0.05) is 11.8 Å². The number of benzene rings is 1. The molecule has 1 aliphatic heterocycles. The molecule has 1 N–H and O–H groups in total. The van der Waals surface area contributed by atoms with Crippen LogP contribution in [0.1, 0.15) is 44.2 Å². The van der Waals surface area contributed by atoms with E-state index in [2.05, 4.69) is 43.4 Å². The highest BCUT2D eigenvalue weighted by Crippen LogP contribution is 2.34. The van der Waals surface area contributed by atoms with Gasteiger partial charge in [0.15, 0.2) is 0 Å². The van der Waals surface area contributed by atoms with Gasteiger partial charge in [-0.15, -0.1) is 0 Å². The van der Waals surface area contributed by atoms with Crippen molar-refractivity contribution in [3.8, 4) is 0 Å². The number of piperidine rings is 1. The molecule has 2 rings (SSSR count). The summed E-state index contributed by atoms with van der Waals surface area (Å²) in [6.07, 6.45) is 4.61. The van der Waals surface area contributed by atoms with E-state index in [4.69, 9.17) is 0 Å². The lowest BCUT2D eigenvalue weighted by Gasteiger charge is -2.35. The van der Waals surface area contributed by atoms with Crippen LogP contribution in [0.25, 0.3) is 0 Å². The van der Waals surface area contributed by atoms with Gasteiger partial charge in [0.05, 0.1) is 0 Å². The predicted molar refractivity (Wildman–Crippen MR) is 79.4 cm³/mol. The molecule has 19 heavy (non-hydrogen) atoms. The number of nitrogens with one attached hydrogen (secondary N) is 1. The molecule has 0 aromatic heterocycles. The van der Waals surface area contributed by atoms with Crippen molar-refractivity contribution in [1.29, 1.82) is 0 Å². The molecule has 2 nitrogen and oxygen atoms in total. The molecule has 0 unspecified atom stereocenters. The number of ketones is 1. The largest absolute Gasteiger partial charge is 0.317 e. The van der Waals surface area contributed by atoms with E-state index in [1.807, 2.05) is 0 Å². The smallest absolute Gasteiger partial charge is 0.143 e. The normalized spacial score (nSPS) is 18.2. The maximum atomic E-state index is 12.6. The maximum Gasteiger partial charge on any atom is 0.143 e. The first-order chi connectivity index (χ1) is 9.20. The van der Waals surface area contributed by atoms with E-state index in [0.29, 0.717) is 12.2 Å². The molecule has 2 heteroatoms. The third kappa shape index (κ3) is 3.24. The van der Waals surface area contributed by atoms with Crippen LogP contribution in [-0.4, -0.2) is 18.9 Å². The summed E-state index contributed by atoms with van der Waals surface area (Å²) >= 11 is 0. The molecule has 0 atom stereocenters. The lowest BCUT2D eigenvalue weighted by Crippen LogP contribution is -2.42. The first-order valence-electron chi connectivity index (χ1n) is 7.52. The van der Waals surface area contributed by atoms with E-state index in [9.17, 15) is 4.79 Å². The van der Waals surface area contributed by atoms with Crippen molar-refractivity contribution in [3.63, 3.8) is 0 Å². The summed E-state index contributed by atoms with van der Waals surface area (Å²) in [7, 11) is 0. The number of aryl methyl sites for hydroxylation is 1. The van der Waals surface area contributed by atoms with Crippen LogP contribution in [0.15, 0.2) is 24.3 Å². The molecule has 1 aliphatic rings. The molecule has 0 bridgehead atoms. The van der Waals surface area contributed by atoms with Crippen molar-refractivity contribution in [3.05, 3.63) is 35.4 Å². The van der Waals surface area contributed by atoms with Crippen LogP contribution in [0.3, 0.4) is 0 Å². The van der Waals surface area contributed by atoms with E-state index in [1.54, 1.807) is 0 Å². The Labute approximate surface area is 116 Å². The van der Waals surface area contributed by atoms with Crippen LogP contribution in [0, 0.1) is 5.41 Å². The SMILES string of the molecule is CCc1ccc(CC(=O)C2(CC)CCNCC2)cc1. The van der Waals surface area contributed by atoms with E-state index in [1.165, 1.54) is 5.56 Å². The van der Waals surface area contributed by atoms with Crippen molar-refractivity contribution in [2.45, 2.75) is 46.0 Å².